The third-order valence-electron chi connectivity index (χ3n) is 5.61. The molecule has 1 saturated heterocycles. The van der Waals surface area contributed by atoms with Crippen LogP contribution in [-0.4, -0.2) is 35.0 Å². The van der Waals surface area contributed by atoms with Gasteiger partial charge in [-0.05, 0) is 53.9 Å². The van der Waals surface area contributed by atoms with E-state index in [2.05, 4.69) is 5.32 Å². The number of hydrogen-bond donors (Lipinski definition) is 1. The summed E-state index contributed by atoms with van der Waals surface area (Å²) in [5.74, 6) is -0.910. The average molecular weight is 424 g/mol. The highest BCUT2D eigenvalue weighted by molar-refractivity contribution is 8.18. The first-order chi connectivity index (χ1) is 14.5. The Kier molecular flexibility index (Phi) is 5.72. The fourth-order valence-corrected chi connectivity index (χ4v) is 4.67. The molecule has 0 radical (unpaired) electrons. The molecule has 0 atom stereocenters. The van der Waals surface area contributed by atoms with E-state index in [1.165, 1.54) is 12.1 Å². The topological polar surface area (TPSA) is 66.5 Å². The lowest BCUT2D eigenvalue weighted by Crippen LogP contribution is -2.50. The van der Waals surface area contributed by atoms with Crippen LogP contribution in [0.2, 0.25) is 0 Å². The highest BCUT2D eigenvalue weighted by atomic mass is 32.2. The summed E-state index contributed by atoms with van der Waals surface area (Å²) in [6.45, 7) is 0.258. The van der Waals surface area contributed by atoms with Crippen molar-refractivity contribution in [2.24, 2.45) is 0 Å². The molecule has 2 aliphatic rings. The average Bonchev–Trinajstić information content (AvgIpc) is 2.95. The fourth-order valence-electron chi connectivity index (χ4n) is 3.81. The number of rotatable bonds is 6. The summed E-state index contributed by atoms with van der Waals surface area (Å²) < 4.78 is 13.6. The van der Waals surface area contributed by atoms with Crippen LogP contribution in [0.15, 0.2) is 59.5 Å². The van der Waals surface area contributed by atoms with Gasteiger partial charge in [-0.25, -0.2) is 4.39 Å². The second kappa shape index (κ2) is 8.44. The predicted octanol–water partition coefficient (Wildman–Crippen LogP) is 4.10. The van der Waals surface area contributed by atoms with Crippen LogP contribution < -0.4 is 5.32 Å². The minimum absolute atomic E-state index is 0.0990. The van der Waals surface area contributed by atoms with Crippen molar-refractivity contribution in [1.82, 2.24) is 10.2 Å². The zero-order chi connectivity index (χ0) is 21.1. The molecule has 1 heterocycles. The summed E-state index contributed by atoms with van der Waals surface area (Å²) in [6.07, 6.45) is 3.90. The van der Waals surface area contributed by atoms with Crippen LogP contribution in [0.3, 0.4) is 0 Å². The molecule has 1 N–H and O–H groups in total. The molecule has 4 rings (SSSR count). The van der Waals surface area contributed by atoms with Gasteiger partial charge in [-0.1, -0.05) is 48.9 Å². The van der Waals surface area contributed by atoms with E-state index < -0.39 is 5.41 Å². The van der Waals surface area contributed by atoms with Crippen molar-refractivity contribution in [3.8, 4) is 0 Å². The van der Waals surface area contributed by atoms with Gasteiger partial charge >= 0.3 is 0 Å². The SMILES string of the molecule is O=C1S/C(=C\c2ccccc2)C(=O)N1CCNC(=O)C1(c2cccc(F)c2)CCC1. The van der Waals surface area contributed by atoms with Crippen LogP contribution in [0.4, 0.5) is 9.18 Å². The second-order valence-electron chi connectivity index (χ2n) is 7.45. The van der Waals surface area contributed by atoms with Gasteiger partial charge in [0.25, 0.3) is 11.1 Å². The molecule has 0 aromatic heterocycles. The van der Waals surface area contributed by atoms with E-state index in [0.717, 1.165) is 28.6 Å². The normalized spacial score (nSPS) is 19.1. The molecule has 30 heavy (non-hydrogen) atoms. The lowest BCUT2D eigenvalue weighted by atomic mass is 9.64. The van der Waals surface area contributed by atoms with Gasteiger partial charge < -0.3 is 5.32 Å². The van der Waals surface area contributed by atoms with Gasteiger partial charge in [-0.2, -0.15) is 0 Å². The number of benzene rings is 2. The molecule has 0 spiro atoms. The van der Waals surface area contributed by atoms with Crippen molar-refractivity contribution in [3.05, 3.63) is 76.4 Å². The van der Waals surface area contributed by atoms with Gasteiger partial charge in [-0.15, -0.1) is 0 Å². The van der Waals surface area contributed by atoms with Crippen molar-refractivity contribution in [3.63, 3.8) is 0 Å². The minimum atomic E-state index is -0.728. The fraction of sp³-hybridized carbons (Fsp3) is 0.261. The third-order valence-corrected chi connectivity index (χ3v) is 6.52. The van der Waals surface area contributed by atoms with E-state index in [0.29, 0.717) is 23.3 Å². The molecule has 7 heteroatoms. The van der Waals surface area contributed by atoms with E-state index in [9.17, 15) is 18.8 Å². The number of thioether (sulfide) groups is 1. The lowest BCUT2D eigenvalue weighted by Gasteiger charge is -2.40. The Labute approximate surface area is 178 Å². The lowest BCUT2D eigenvalue weighted by molar-refractivity contribution is -0.130. The summed E-state index contributed by atoms with van der Waals surface area (Å²) in [5, 5.41) is 2.49. The maximum atomic E-state index is 13.6. The molecule has 5 nitrogen and oxygen atoms in total. The van der Waals surface area contributed by atoms with Crippen molar-refractivity contribution < 1.29 is 18.8 Å². The van der Waals surface area contributed by atoms with E-state index in [1.54, 1.807) is 18.2 Å². The molecule has 0 bridgehead atoms. The largest absolute Gasteiger partial charge is 0.354 e. The zero-order valence-electron chi connectivity index (χ0n) is 16.3. The molecule has 1 aliphatic heterocycles. The Morgan fingerprint density at radius 2 is 1.90 bits per heavy atom. The monoisotopic (exact) mass is 424 g/mol. The summed E-state index contributed by atoms with van der Waals surface area (Å²) in [4.78, 5) is 39.2. The Morgan fingerprint density at radius 3 is 2.57 bits per heavy atom. The van der Waals surface area contributed by atoms with Crippen molar-refractivity contribution in [2.45, 2.75) is 24.7 Å². The van der Waals surface area contributed by atoms with Crippen molar-refractivity contribution >= 4 is 34.9 Å². The Morgan fingerprint density at radius 1 is 1.13 bits per heavy atom. The number of carbonyl (C=O) groups is 3. The van der Waals surface area contributed by atoms with Crippen LogP contribution in [-0.2, 0) is 15.0 Å². The number of hydrogen-bond acceptors (Lipinski definition) is 4. The van der Waals surface area contributed by atoms with E-state index in [4.69, 9.17) is 0 Å². The standard InChI is InChI=1S/C23H21FN2O3S/c24-18-9-4-8-17(15-18)23(10-5-11-23)21(28)25-12-13-26-20(27)19(30-22(26)29)14-16-6-2-1-3-7-16/h1-4,6-9,14-15H,5,10-13H2,(H,25,28)/b19-14-. The first-order valence-electron chi connectivity index (χ1n) is 9.84. The number of amides is 3. The van der Waals surface area contributed by atoms with Crippen LogP contribution >= 0.6 is 11.8 Å². The van der Waals surface area contributed by atoms with Crippen molar-refractivity contribution in [1.29, 1.82) is 0 Å². The van der Waals surface area contributed by atoms with Gasteiger partial charge in [0, 0.05) is 13.1 Å². The molecular weight excluding hydrogens is 403 g/mol. The molecule has 3 amide bonds. The maximum absolute atomic E-state index is 13.6. The zero-order valence-corrected chi connectivity index (χ0v) is 17.1. The van der Waals surface area contributed by atoms with Crippen LogP contribution in [0, 0.1) is 5.82 Å². The number of imide groups is 1. The van der Waals surface area contributed by atoms with E-state index >= 15 is 0 Å². The molecular formula is C23H21FN2O3S. The summed E-state index contributed by atoms with van der Waals surface area (Å²) in [7, 11) is 0. The molecule has 0 unspecified atom stereocenters. The van der Waals surface area contributed by atoms with Gasteiger partial charge in [0.05, 0.1) is 10.3 Å². The second-order valence-corrected chi connectivity index (χ2v) is 8.44. The molecule has 1 aliphatic carbocycles. The molecule has 2 aromatic rings. The van der Waals surface area contributed by atoms with Gasteiger partial charge in [0.1, 0.15) is 5.82 Å². The highest BCUT2D eigenvalue weighted by Gasteiger charge is 2.45. The summed E-state index contributed by atoms with van der Waals surface area (Å²) in [5.41, 5.74) is 0.787. The van der Waals surface area contributed by atoms with Crippen LogP contribution in [0.1, 0.15) is 30.4 Å². The first kappa shape index (κ1) is 20.3. The Balaban J connectivity index is 1.38. The van der Waals surface area contributed by atoms with Crippen molar-refractivity contribution in [2.75, 3.05) is 13.1 Å². The Hall–Kier alpha value is -2.93. The highest BCUT2D eigenvalue weighted by Crippen LogP contribution is 2.44. The predicted molar refractivity (Wildman–Crippen MR) is 114 cm³/mol. The third kappa shape index (κ3) is 3.89. The summed E-state index contributed by atoms with van der Waals surface area (Å²) >= 11 is 0.899. The maximum Gasteiger partial charge on any atom is 0.293 e. The number of halogens is 1. The number of carbonyl (C=O) groups excluding carboxylic acids is 3. The molecule has 2 fully saturated rings. The van der Waals surface area contributed by atoms with Gasteiger partial charge in [-0.3, -0.25) is 19.3 Å². The van der Waals surface area contributed by atoms with Gasteiger partial charge in [0.2, 0.25) is 5.91 Å². The number of nitrogens with one attached hydrogen (secondary N) is 1. The van der Waals surface area contributed by atoms with Crippen LogP contribution in [0.25, 0.3) is 6.08 Å². The van der Waals surface area contributed by atoms with Gasteiger partial charge in [0.15, 0.2) is 0 Å². The Bertz CT molecular complexity index is 1020. The number of nitrogens with zero attached hydrogens (tertiary/aromatic N) is 1. The molecule has 1 saturated carbocycles. The molecule has 2 aromatic carbocycles. The quantitative estimate of drug-likeness (QED) is 0.709. The minimum Gasteiger partial charge on any atom is -0.354 e. The smallest absolute Gasteiger partial charge is 0.293 e. The molecule has 154 valence electrons. The first-order valence-corrected chi connectivity index (χ1v) is 10.7. The van der Waals surface area contributed by atoms with E-state index in [-0.39, 0.29) is 36.0 Å². The summed E-state index contributed by atoms with van der Waals surface area (Å²) in [6, 6.07) is 15.5. The van der Waals surface area contributed by atoms with E-state index in [1.807, 2.05) is 30.3 Å². The van der Waals surface area contributed by atoms with Crippen LogP contribution in [0.5, 0.6) is 0 Å².